The molecule has 1 aromatic carbocycles. The normalized spacial score (nSPS) is 28.3. The summed E-state index contributed by atoms with van der Waals surface area (Å²) in [6.07, 6.45) is 7.27. The van der Waals surface area contributed by atoms with Crippen LogP contribution in [0.15, 0.2) is 54.7 Å². The molecule has 3 unspecified atom stereocenters. The third kappa shape index (κ3) is 5.29. The summed E-state index contributed by atoms with van der Waals surface area (Å²) >= 11 is 0. The van der Waals surface area contributed by atoms with E-state index in [1.54, 1.807) is 6.20 Å². The zero-order valence-corrected chi connectivity index (χ0v) is 21.9. The third-order valence-corrected chi connectivity index (χ3v) is 9.71. The summed E-state index contributed by atoms with van der Waals surface area (Å²) in [5.74, 6) is 1.63. The predicted octanol–water partition coefficient (Wildman–Crippen LogP) is 3.58. The number of hydrazine groups is 1. The molecule has 2 aromatic heterocycles. The van der Waals surface area contributed by atoms with Gasteiger partial charge in [-0.15, -0.1) is 0 Å². The van der Waals surface area contributed by atoms with E-state index in [1.807, 2.05) is 52.8 Å². The molecule has 5 heterocycles. The number of nitrogens with one attached hydrogen (secondary N) is 4. The van der Waals surface area contributed by atoms with Gasteiger partial charge in [0.15, 0.2) is 0 Å². The van der Waals surface area contributed by atoms with E-state index < -0.39 is 10.0 Å². The van der Waals surface area contributed by atoms with Crippen molar-refractivity contribution in [3.8, 4) is 0 Å². The van der Waals surface area contributed by atoms with Gasteiger partial charge in [-0.1, -0.05) is 36.8 Å². The van der Waals surface area contributed by atoms with E-state index in [1.165, 1.54) is 0 Å². The van der Waals surface area contributed by atoms with Crippen molar-refractivity contribution in [3.63, 3.8) is 0 Å². The first-order valence-corrected chi connectivity index (χ1v) is 14.9. The lowest BCUT2D eigenvalue weighted by atomic mass is 9.84. The fraction of sp³-hybridized carbons (Fsp3) is 0.481. The molecule has 196 valence electrons. The van der Waals surface area contributed by atoms with Crippen LogP contribution < -0.4 is 21.5 Å². The van der Waals surface area contributed by atoms with E-state index in [0.29, 0.717) is 6.04 Å². The number of fused-ring (bicyclic) bond motifs is 3. The van der Waals surface area contributed by atoms with Gasteiger partial charge in [-0.05, 0) is 56.7 Å². The first-order chi connectivity index (χ1) is 17.9. The van der Waals surface area contributed by atoms with E-state index in [0.717, 1.165) is 66.6 Å². The SMILES string of the molecule is CC1CC(Nc2cc3ncccc3c(NC3C[C@H]4CCC[C@@H](C3)N4S(=O)(=O)Cc3ccccc3)n2)NN1. The van der Waals surface area contributed by atoms with Gasteiger partial charge >= 0.3 is 0 Å². The van der Waals surface area contributed by atoms with Crippen LogP contribution in [-0.2, 0) is 15.8 Å². The fourth-order valence-corrected chi connectivity index (χ4v) is 8.26. The van der Waals surface area contributed by atoms with Crippen molar-refractivity contribution in [2.75, 3.05) is 10.6 Å². The number of rotatable bonds is 7. The van der Waals surface area contributed by atoms with E-state index in [-0.39, 0.29) is 30.0 Å². The molecule has 0 amide bonds. The second-order valence-electron chi connectivity index (χ2n) is 10.7. The van der Waals surface area contributed by atoms with Gasteiger partial charge in [0, 0.05) is 41.8 Å². The van der Waals surface area contributed by atoms with Crippen molar-refractivity contribution in [1.29, 1.82) is 0 Å². The second-order valence-corrected chi connectivity index (χ2v) is 12.5. The summed E-state index contributed by atoms with van der Waals surface area (Å²) < 4.78 is 28.9. The van der Waals surface area contributed by atoms with Gasteiger partial charge in [0.1, 0.15) is 11.6 Å². The number of nitrogens with zero attached hydrogens (tertiary/aromatic N) is 3. The Labute approximate surface area is 218 Å². The van der Waals surface area contributed by atoms with Crippen molar-refractivity contribution in [1.82, 2.24) is 25.1 Å². The minimum Gasteiger partial charge on any atom is -0.367 e. The van der Waals surface area contributed by atoms with Gasteiger partial charge in [0.25, 0.3) is 0 Å². The first kappa shape index (κ1) is 24.5. The maximum absolute atomic E-state index is 13.5. The average molecular weight is 522 g/mol. The van der Waals surface area contributed by atoms with Crippen LogP contribution in [-0.4, -0.2) is 53.0 Å². The summed E-state index contributed by atoms with van der Waals surface area (Å²) in [7, 11) is -3.39. The minimum absolute atomic E-state index is 0.0136. The lowest BCUT2D eigenvalue weighted by Crippen LogP contribution is -2.57. The molecule has 0 radical (unpaired) electrons. The van der Waals surface area contributed by atoms with E-state index in [9.17, 15) is 8.42 Å². The maximum atomic E-state index is 13.5. The predicted molar refractivity (Wildman–Crippen MR) is 146 cm³/mol. The Morgan fingerprint density at radius 1 is 1.00 bits per heavy atom. The number of pyridine rings is 2. The average Bonchev–Trinajstić information content (AvgIpc) is 3.28. The van der Waals surface area contributed by atoms with Crippen molar-refractivity contribution in [2.45, 2.75) is 81.5 Å². The van der Waals surface area contributed by atoms with Crippen LogP contribution in [0.2, 0.25) is 0 Å². The fourth-order valence-electron chi connectivity index (χ4n) is 6.21. The van der Waals surface area contributed by atoms with Crippen LogP contribution in [0.25, 0.3) is 10.9 Å². The topological polar surface area (TPSA) is 111 Å². The molecule has 10 heteroatoms. The lowest BCUT2D eigenvalue weighted by molar-refractivity contribution is 0.115. The summed E-state index contributed by atoms with van der Waals surface area (Å²) in [5.41, 5.74) is 8.22. The molecular weight excluding hydrogens is 486 g/mol. The zero-order valence-electron chi connectivity index (χ0n) is 21.1. The smallest absolute Gasteiger partial charge is 0.218 e. The Balaban J connectivity index is 1.22. The molecule has 0 aliphatic carbocycles. The molecule has 3 aliphatic rings. The Bertz CT molecular complexity index is 1340. The molecule has 0 saturated carbocycles. The van der Waals surface area contributed by atoms with E-state index in [2.05, 4.69) is 33.4 Å². The molecule has 3 fully saturated rings. The Morgan fingerprint density at radius 2 is 1.78 bits per heavy atom. The molecule has 5 atom stereocenters. The third-order valence-electron chi connectivity index (χ3n) is 7.78. The molecule has 3 aromatic rings. The standard InChI is InChI=1S/C27H35N7O2S/c1-18-13-26(33-32-18)30-25-16-24-23(11-6-12-28-24)27(31-25)29-20-14-21-9-5-10-22(15-20)34(21)37(35,36)17-19-7-3-2-4-8-19/h2-4,6-8,11-12,16,18,20-22,26,32-33H,5,9-10,13-15,17H2,1H3,(H2,29,30,31)/t18?,20?,21-,22+,26?. The number of anilines is 2. The largest absolute Gasteiger partial charge is 0.367 e. The highest BCUT2D eigenvalue weighted by molar-refractivity contribution is 7.88. The van der Waals surface area contributed by atoms with Crippen LogP contribution in [0.1, 0.15) is 51.0 Å². The number of piperidine rings is 2. The van der Waals surface area contributed by atoms with Crippen LogP contribution in [0.5, 0.6) is 0 Å². The van der Waals surface area contributed by atoms with Gasteiger partial charge < -0.3 is 10.6 Å². The molecule has 9 nitrogen and oxygen atoms in total. The van der Waals surface area contributed by atoms with E-state index in [4.69, 9.17) is 4.98 Å². The summed E-state index contributed by atoms with van der Waals surface area (Å²) in [5, 5.41) is 8.15. The van der Waals surface area contributed by atoms with Crippen LogP contribution in [0.4, 0.5) is 11.6 Å². The maximum Gasteiger partial charge on any atom is 0.218 e. The monoisotopic (exact) mass is 521 g/mol. The Kier molecular flexibility index (Phi) is 6.74. The van der Waals surface area contributed by atoms with Gasteiger partial charge in [-0.25, -0.2) is 18.8 Å². The van der Waals surface area contributed by atoms with Crippen molar-refractivity contribution < 1.29 is 8.42 Å². The molecule has 3 saturated heterocycles. The number of hydrogen-bond donors (Lipinski definition) is 4. The van der Waals surface area contributed by atoms with Crippen LogP contribution in [0, 0.1) is 0 Å². The number of sulfonamides is 1. The molecule has 0 spiro atoms. The molecule has 6 rings (SSSR count). The van der Waals surface area contributed by atoms with Gasteiger partial charge in [-0.2, -0.15) is 4.31 Å². The Morgan fingerprint density at radius 3 is 2.51 bits per heavy atom. The zero-order chi connectivity index (χ0) is 25.4. The van der Waals surface area contributed by atoms with Gasteiger partial charge in [0.05, 0.1) is 17.4 Å². The highest BCUT2D eigenvalue weighted by Crippen LogP contribution is 2.38. The first-order valence-electron chi connectivity index (χ1n) is 13.3. The number of hydrogen-bond acceptors (Lipinski definition) is 8. The number of aromatic nitrogens is 2. The highest BCUT2D eigenvalue weighted by Gasteiger charge is 2.44. The van der Waals surface area contributed by atoms with Crippen molar-refractivity contribution in [3.05, 3.63) is 60.3 Å². The minimum atomic E-state index is -3.39. The molecule has 2 bridgehead atoms. The van der Waals surface area contributed by atoms with Gasteiger partial charge in [-0.3, -0.25) is 10.4 Å². The van der Waals surface area contributed by atoms with Gasteiger partial charge in [0.2, 0.25) is 10.0 Å². The summed E-state index contributed by atoms with van der Waals surface area (Å²) in [6, 6.07) is 16.0. The molecule has 3 aliphatic heterocycles. The quantitative estimate of drug-likeness (QED) is 0.373. The molecule has 37 heavy (non-hydrogen) atoms. The van der Waals surface area contributed by atoms with E-state index >= 15 is 0 Å². The van der Waals surface area contributed by atoms with Crippen LogP contribution in [0.3, 0.4) is 0 Å². The summed E-state index contributed by atoms with van der Waals surface area (Å²) in [6.45, 7) is 2.14. The Hall–Kier alpha value is -2.79. The van der Waals surface area contributed by atoms with Crippen molar-refractivity contribution in [2.24, 2.45) is 0 Å². The van der Waals surface area contributed by atoms with Crippen molar-refractivity contribution >= 4 is 32.6 Å². The number of benzene rings is 1. The highest BCUT2D eigenvalue weighted by atomic mass is 32.2. The second kappa shape index (κ2) is 10.2. The molecular formula is C27H35N7O2S. The summed E-state index contributed by atoms with van der Waals surface area (Å²) in [4.78, 5) is 9.52. The van der Waals surface area contributed by atoms with Crippen LogP contribution >= 0.6 is 0 Å². The lowest BCUT2D eigenvalue weighted by Gasteiger charge is -2.48. The molecule has 4 N–H and O–H groups in total.